The van der Waals surface area contributed by atoms with Crippen molar-refractivity contribution in [2.24, 2.45) is 4.99 Å². The topological polar surface area (TPSA) is 49.8 Å². The van der Waals surface area contributed by atoms with Gasteiger partial charge in [0.05, 0.1) is 12.7 Å². The summed E-state index contributed by atoms with van der Waals surface area (Å²) in [4.78, 5) is 10.7. The van der Waals surface area contributed by atoms with E-state index in [1.54, 1.807) is 12.4 Å². The van der Waals surface area contributed by atoms with E-state index < -0.39 is 0 Å². The van der Waals surface area contributed by atoms with Gasteiger partial charge in [-0.05, 0) is 25.5 Å². The number of hydrogen-bond donors (Lipinski definition) is 1. The maximum Gasteiger partial charge on any atom is 0.193 e. The zero-order valence-electron chi connectivity index (χ0n) is 12.8. The van der Waals surface area contributed by atoms with Crippen LogP contribution in [0.15, 0.2) is 29.5 Å². The smallest absolute Gasteiger partial charge is 0.193 e. The molecule has 0 spiro atoms. The second kappa shape index (κ2) is 10.1. The highest BCUT2D eigenvalue weighted by Gasteiger charge is 2.04. The maximum atomic E-state index is 5.58. The average molecular weight is 278 g/mol. The predicted octanol–water partition coefficient (Wildman–Crippen LogP) is 2.16. The van der Waals surface area contributed by atoms with Crippen molar-refractivity contribution in [2.75, 3.05) is 33.3 Å². The third-order valence-electron chi connectivity index (χ3n) is 2.80. The fourth-order valence-corrected chi connectivity index (χ4v) is 1.72. The van der Waals surface area contributed by atoms with Crippen molar-refractivity contribution >= 4 is 5.96 Å². The number of guanidine groups is 1. The summed E-state index contributed by atoms with van der Waals surface area (Å²) in [7, 11) is 2.07. The molecule has 1 aromatic rings. The molecule has 0 amide bonds. The summed E-state index contributed by atoms with van der Waals surface area (Å²) >= 11 is 0. The third kappa shape index (κ3) is 6.41. The number of nitrogens with zero attached hydrogens (tertiary/aromatic N) is 3. The van der Waals surface area contributed by atoms with Gasteiger partial charge in [-0.2, -0.15) is 0 Å². The highest BCUT2D eigenvalue weighted by Crippen LogP contribution is 2.05. The van der Waals surface area contributed by atoms with Crippen LogP contribution in [0.1, 0.15) is 26.7 Å². The number of ether oxygens (including phenoxy) is 1. The van der Waals surface area contributed by atoms with Gasteiger partial charge in [-0.25, -0.2) is 4.99 Å². The zero-order chi connectivity index (χ0) is 14.6. The average Bonchev–Trinajstić information content (AvgIpc) is 2.49. The van der Waals surface area contributed by atoms with Crippen LogP contribution in [0.25, 0.3) is 0 Å². The molecule has 20 heavy (non-hydrogen) atoms. The van der Waals surface area contributed by atoms with E-state index in [2.05, 4.69) is 41.1 Å². The Balaban J connectivity index is 2.38. The summed E-state index contributed by atoms with van der Waals surface area (Å²) in [6.07, 6.45) is 5.81. The highest BCUT2D eigenvalue weighted by molar-refractivity contribution is 5.79. The van der Waals surface area contributed by atoms with Gasteiger partial charge in [0.2, 0.25) is 0 Å². The Labute approximate surface area is 122 Å². The van der Waals surface area contributed by atoms with E-state index in [1.165, 1.54) is 12.8 Å². The van der Waals surface area contributed by atoms with Crippen molar-refractivity contribution in [1.29, 1.82) is 0 Å². The maximum absolute atomic E-state index is 5.58. The normalized spacial score (nSPS) is 11.2. The Hall–Kier alpha value is -1.78. The molecule has 0 fully saturated rings. The third-order valence-corrected chi connectivity index (χ3v) is 2.80. The lowest BCUT2D eigenvalue weighted by Crippen LogP contribution is -2.39. The number of aromatic nitrogens is 1. The summed E-state index contributed by atoms with van der Waals surface area (Å²) < 4.78 is 5.58. The van der Waals surface area contributed by atoms with E-state index >= 15 is 0 Å². The van der Waals surface area contributed by atoms with Crippen LogP contribution in [-0.4, -0.2) is 49.1 Å². The van der Waals surface area contributed by atoms with Gasteiger partial charge >= 0.3 is 0 Å². The molecule has 0 saturated carbocycles. The van der Waals surface area contributed by atoms with Crippen LogP contribution >= 0.6 is 0 Å². The van der Waals surface area contributed by atoms with Gasteiger partial charge in [-0.3, -0.25) is 4.98 Å². The van der Waals surface area contributed by atoms with Gasteiger partial charge in [0, 0.05) is 26.3 Å². The predicted molar refractivity (Wildman–Crippen MR) is 83.2 cm³/mol. The number of aliphatic imine (C=N–C) groups is 1. The van der Waals surface area contributed by atoms with Crippen molar-refractivity contribution in [3.63, 3.8) is 0 Å². The molecule has 112 valence electrons. The van der Waals surface area contributed by atoms with Crippen LogP contribution in [0.4, 0.5) is 0 Å². The summed E-state index contributed by atoms with van der Waals surface area (Å²) in [5.41, 5.74) is 0. The van der Waals surface area contributed by atoms with Gasteiger partial charge in [-0.15, -0.1) is 0 Å². The number of unbranched alkanes of at least 4 members (excludes halogenated alkanes) is 1. The Bertz CT molecular complexity index is 381. The fraction of sp³-hybridized carbons (Fsp3) is 0.600. The minimum absolute atomic E-state index is 0.558. The van der Waals surface area contributed by atoms with Crippen molar-refractivity contribution in [3.05, 3.63) is 24.5 Å². The first-order valence-electron chi connectivity index (χ1n) is 7.30. The second-order valence-electron chi connectivity index (χ2n) is 4.55. The Morgan fingerprint density at radius 2 is 2.30 bits per heavy atom. The van der Waals surface area contributed by atoms with Gasteiger partial charge in [0.1, 0.15) is 12.4 Å². The molecule has 5 heteroatoms. The summed E-state index contributed by atoms with van der Waals surface area (Å²) in [5.74, 6) is 1.72. The molecule has 1 aromatic heterocycles. The molecule has 0 aromatic carbocycles. The van der Waals surface area contributed by atoms with Crippen molar-refractivity contribution < 1.29 is 4.74 Å². The van der Waals surface area contributed by atoms with Gasteiger partial charge in [0.25, 0.3) is 0 Å². The molecule has 5 nitrogen and oxygen atoms in total. The molecule has 0 radical (unpaired) electrons. The number of nitrogens with one attached hydrogen (secondary N) is 1. The highest BCUT2D eigenvalue weighted by atomic mass is 16.5. The first-order valence-corrected chi connectivity index (χ1v) is 7.30. The summed E-state index contributed by atoms with van der Waals surface area (Å²) in [5, 5.41) is 3.30. The molecular formula is C15H26N4O. The largest absolute Gasteiger partial charge is 0.490 e. The van der Waals surface area contributed by atoms with E-state index in [9.17, 15) is 0 Å². The van der Waals surface area contributed by atoms with E-state index in [1.807, 2.05) is 12.1 Å². The minimum Gasteiger partial charge on any atom is -0.490 e. The van der Waals surface area contributed by atoms with Crippen molar-refractivity contribution in [1.82, 2.24) is 15.2 Å². The van der Waals surface area contributed by atoms with Crippen LogP contribution in [-0.2, 0) is 0 Å². The van der Waals surface area contributed by atoms with Crippen LogP contribution in [0.3, 0.4) is 0 Å². The zero-order valence-corrected chi connectivity index (χ0v) is 12.8. The lowest BCUT2D eigenvalue weighted by Gasteiger charge is -2.21. The number of pyridine rings is 1. The SMILES string of the molecule is CCCCN(C)C(=NCCOc1cccnc1)NCC. The summed E-state index contributed by atoms with van der Waals surface area (Å²) in [6.45, 7) is 7.36. The molecule has 0 bridgehead atoms. The molecule has 0 unspecified atom stereocenters. The Morgan fingerprint density at radius 3 is 2.95 bits per heavy atom. The van der Waals surface area contributed by atoms with Crippen molar-refractivity contribution in [2.45, 2.75) is 26.7 Å². The first-order chi connectivity index (χ1) is 9.77. The van der Waals surface area contributed by atoms with E-state index in [4.69, 9.17) is 4.74 Å². The fourth-order valence-electron chi connectivity index (χ4n) is 1.72. The molecular weight excluding hydrogens is 252 g/mol. The number of rotatable bonds is 8. The summed E-state index contributed by atoms with van der Waals surface area (Å²) in [6, 6.07) is 3.76. The molecule has 0 atom stereocenters. The molecule has 0 aliphatic heterocycles. The molecule has 1 rings (SSSR count). The minimum atomic E-state index is 0.558. The lowest BCUT2D eigenvalue weighted by molar-refractivity contribution is 0.326. The van der Waals surface area contributed by atoms with Gasteiger partial charge in [-0.1, -0.05) is 13.3 Å². The molecule has 1 N–H and O–H groups in total. The van der Waals surface area contributed by atoms with Crippen LogP contribution in [0, 0.1) is 0 Å². The van der Waals surface area contributed by atoms with Crippen LogP contribution < -0.4 is 10.1 Å². The second-order valence-corrected chi connectivity index (χ2v) is 4.55. The molecule has 0 saturated heterocycles. The number of hydrogen-bond acceptors (Lipinski definition) is 3. The molecule has 0 aliphatic rings. The van der Waals surface area contributed by atoms with Gasteiger partial charge in [0.15, 0.2) is 5.96 Å². The standard InChI is InChI=1S/C15H26N4O/c1-4-6-11-19(3)15(17-5-2)18-10-12-20-14-8-7-9-16-13-14/h7-9,13H,4-6,10-12H2,1-3H3,(H,17,18). The molecule has 0 aliphatic carbocycles. The molecule has 1 heterocycles. The van der Waals surface area contributed by atoms with E-state index in [-0.39, 0.29) is 0 Å². The Kier molecular flexibility index (Phi) is 8.19. The van der Waals surface area contributed by atoms with E-state index in [0.717, 1.165) is 24.8 Å². The first kappa shape index (κ1) is 16.3. The van der Waals surface area contributed by atoms with Crippen molar-refractivity contribution in [3.8, 4) is 5.75 Å². The lowest BCUT2D eigenvalue weighted by atomic mass is 10.3. The van der Waals surface area contributed by atoms with E-state index in [0.29, 0.717) is 13.2 Å². The van der Waals surface area contributed by atoms with Crippen LogP contribution in [0.5, 0.6) is 5.75 Å². The Morgan fingerprint density at radius 1 is 1.45 bits per heavy atom. The van der Waals surface area contributed by atoms with Crippen LogP contribution in [0.2, 0.25) is 0 Å². The quantitative estimate of drug-likeness (QED) is 0.450. The van der Waals surface area contributed by atoms with Gasteiger partial charge < -0.3 is 15.0 Å². The monoisotopic (exact) mass is 278 g/mol.